The monoisotopic (exact) mass is 412 g/mol. The summed E-state index contributed by atoms with van der Waals surface area (Å²) in [4.78, 5) is 16.9. The number of aromatic amines is 1. The Morgan fingerprint density at radius 1 is 0.839 bits per heavy atom. The van der Waals surface area contributed by atoms with Gasteiger partial charge in [-0.1, -0.05) is 60.7 Å². The Morgan fingerprint density at radius 2 is 1.45 bits per heavy atom. The number of rotatable bonds is 8. The Morgan fingerprint density at radius 3 is 2.06 bits per heavy atom. The number of ketones is 1. The van der Waals surface area contributed by atoms with Crippen LogP contribution in [0.3, 0.4) is 0 Å². The number of Topliss-reactive ketones (excluding diaryl/α,β-unsaturated/α-hetero) is 1. The van der Waals surface area contributed by atoms with Gasteiger partial charge in [0.2, 0.25) is 0 Å². The fourth-order valence-electron chi connectivity index (χ4n) is 3.58. The molecule has 4 rings (SSSR count). The van der Waals surface area contributed by atoms with Crippen LogP contribution in [0.25, 0.3) is 11.1 Å². The van der Waals surface area contributed by atoms with Crippen molar-refractivity contribution in [1.29, 1.82) is 0 Å². The van der Waals surface area contributed by atoms with E-state index in [9.17, 15) is 4.79 Å². The molecule has 0 radical (unpaired) electrons. The largest absolute Gasteiger partial charge is 0.497 e. The van der Waals surface area contributed by atoms with Gasteiger partial charge in [0.15, 0.2) is 5.78 Å². The second-order valence-corrected chi connectivity index (χ2v) is 7.10. The smallest absolute Gasteiger partial charge is 0.191 e. The molecular weight excluding hydrogens is 388 g/mol. The van der Waals surface area contributed by atoms with E-state index in [1.54, 1.807) is 26.5 Å². The molecule has 0 bridgehead atoms. The lowest BCUT2D eigenvalue weighted by atomic mass is 9.94. The van der Waals surface area contributed by atoms with Crippen molar-refractivity contribution < 1.29 is 14.3 Å². The van der Waals surface area contributed by atoms with Gasteiger partial charge in [-0.15, -0.1) is 0 Å². The van der Waals surface area contributed by atoms with Crippen LogP contribution >= 0.6 is 0 Å². The van der Waals surface area contributed by atoms with Crippen LogP contribution in [-0.4, -0.2) is 25.0 Å². The van der Waals surface area contributed by atoms with E-state index in [1.165, 1.54) is 0 Å². The van der Waals surface area contributed by atoms with Crippen molar-refractivity contribution in [2.75, 3.05) is 19.5 Å². The molecule has 0 saturated heterocycles. The average Bonchev–Trinajstić information content (AvgIpc) is 3.33. The van der Waals surface area contributed by atoms with E-state index in [1.807, 2.05) is 79.0 Å². The van der Waals surface area contributed by atoms with Gasteiger partial charge in [-0.25, -0.2) is 0 Å². The highest BCUT2D eigenvalue weighted by Crippen LogP contribution is 2.32. The molecule has 1 atom stereocenters. The van der Waals surface area contributed by atoms with Crippen molar-refractivity contribution in [3.63, 3.8) is 0 Å². The molecule has 31 heavy (non-hydrogen) atoms. The summed E-state index contributed by atoms with van der Waals surface area (Å²) in [7, 11) is 3.20. The number of methoxy groups -OCH3 is 2. The van der Waals surface area contributed by atoms with Gasteiger partial charge in [0.25, 0.3) is 0 Å². The van der Waals surface area contributed by atoms with Gasteiger partial charge >= 0.3 is 0 Å². The molecule has 0 spiro atoms. The highest BCUT2D eigenvalue weighted by atomic mass is 16.5. The van der Waals surface area contributed by atoms with Gasteiger partial charge in [0.05, 0.1) is 14.2 Å². The Labute approximate surface area is 181 Å². The topological polar surface area (TPSA) is 63.3 Å². The first-order valence-electron chi connectivity index (χ1n) is 10.0. The van der Waals surface area contributed by atoms with Crippen molar-refractivity contribution in [3.8, 4) is 22.6 Å². The summed E-state index contributed by atoms with van der Waals surface area (Å²) in [6, 6.07) is 24.5. The zero-order chi connectivity index (χ0) is 21.6. The molecule has 0 aliphatic heterocycles. The summed E-state index contributed by atoms with van der Waals surface area (Å²) in [5.74, 6) is 1.26. The van der Waals surface area contributed by atoms with E-state index in [4.69, 9.17) is 9.47 Å². The van der Waals surface area contributed by atoms with Crippen LogP contribution in [0.5, 0.6) is 11.5 Å². The normalized spacial score (nSPS) is 11.5. The van der Waals surface area contributed by atoms with E-state index in [0.29, 0.717) is 17.1 Å². The minimum atomic E-state index is -0.587. The van der Waals surface area contributed by atoms with Gasteiger partial charge in [0.1, 0.15) is 17.5 Å². The van der Waals surface area contributed by atoms with Gasteiger partial charge in [0, 0.05) is 47.4 Å². The van der Waals surface area contributed by atoms with Crippen molar-refractivity contribution in [3.05, 3.63) is 102 Å². The third-order valence-electron chi connectivity index (χ3n) is 5.15. The molecule has 3 aromatic carbocycles. The molecular formula is C26H24N2O3. The minimum Gasteiger partial charge on any atom is -0.497 e. The number of benzene rings is 3. The Balaban J connectivity index is 1.74. The average molecular weight is 412 g/mol. The number of ether oxygens (including phenoxy) is 2. The zero-order valence-corrected chi connectivity index (χ0v) is 17.5. The number of aromatic nitrogens is 1. The number of carbonyl (C=O) groups is 1. The minimum absolute atomic E-state index is 0.0342. The lowest BCUT2D eigenvalue weighted by molar-refractivity contribution is 0.0970. The summed E-state index contributed by atoms with van der Waals surface area (Å²) in [6.45, 7) is 0. The first-order valence-corrected chi connectivity index (χ1v) is 10.0. The molecule has 1 heterocycles. The maximum Gasteiger partial charge on any atom is 0.191 e. The molecule has 2 N–H and O–H groups in total. The molecule has 0 fully saturated rings. The SMILES string of the molecule is COc1cc(NC(C(=O)c2c[nH]cc2-c2ccccc2)c2ccccc2)cc(OC)c1. The predicted molar refractivity (Wildman–Crippen MR) is 123 cm³/mol. The highest BCUT2D eigenvalue weighted by Gasteiger charge is 2.25. The maximum atomic E-state index is 13.8. The Bertz CT molecular complexity index is 1130. The molecule has 5 heteroatoms. The van der Waals surface area contributed by atoms with E-state index in [0.717, 1.165) is 22.4 Å². The van der Waals surface area contributed by atoms with E-state index >= 15 is 0 Å². The quantitative estimate of drug-likeness (QED) is 0.363. The predicted octanol–water partition coefficient (Wildman–Crippen LogP) is 5.74. The molecule has 5 nitrogen and oxygen atoms in total. The molecule has 0 amide bonds. The van der Waals surface area contributed by atoms with Crippen LogP contribution in [0.1, 0.15) is 22.0 Å². The summed E-state index contributed by atoms with van der Waals surface area (Å²) < 4.78 is 10.8. The van der Waals surface area contributed by atoms with Gasteiger partial charge < -0.3 is 19.8 Å². The Hall–Kier alpha value is -3.99. The van der Waals surface area contributed by atoms with Crippen molar-refractivity contribution >= 4 is 11.5 Å². The molecule has 1 unspecified atom stereocenters. The fraction of sp³-hybridized carbons (Fsp3) is 0.115. The number of anilines is 1. The van der Waals surface area contributed by atoms with Gasteiger partial charge in [-0.2, -0.15) is 0 Å². The molecule has 156 valence electrons. The number of H-pyrrole nitrogens is 1. The number of nitrogens with one attached hydrogen (secondary N) is 2. The van der Waals surface area contributed by atoms with Crippen LogP contribution in [0.15, 0.2) is 91.3 Å². The molecule has 0 aliphatic rings. The van der Waals surface area contributed by atoms with Crippen molar-refractivity contribution in [2.24, 2.45) is 0 Å². The third kappa shape index (κ3) is 4.46. The molecule has 0 saturated carbocycles. The van der Waals surface area contributed by atoms with Crippen LogP contribution in [0.4, 0.5) is 5.69 Å². The summed E-state index contributed by atoms with van der Waals surface area (Å²) in [6.07, 6.45) is 3.62. The third-order valence-corrected chi connectivity index (χ3v) is 5.15. The van der Waals surface area contributed by atoms with E-state index < -0.39 is 6.04 Å². The zero-order valence-electron chi connectivity index (χ0n) is 17.5. The van der Waals surface area contributed by atoms with Crippen LogP contribution in [-0.2, 0) is 0 Å². The molecule has 0 aliphatic carbocycles. The second kappa shape index (κ2) is 9.22. The van der Waals surface area contributed by atoms with Crippen molar-refractivity contribution in [2.45, 2.75) is 6.04 Å². The standard InChI is InChI=1S/C26H24N2O3/c1-30-21-13-20(14-22(15-21)31-2)28-25(19-11-7-4-8-12-19)26(29)24-17-27-16-23(24)18-9-5-3-6-10-18/h3-17,25,27-28H,1-2H3. The number of carbonyl (C=O) groups excluding carboxylic acids is 1. The maximum absolute atomic E-state index is 13.8. The van der Waals surface area contributed by atoms with Crippen LogP contribution in [0.2, 0.25) is 0 Å². The summed E-state index contributed by atoms with van der Waals surface area (Å²) in [5.41, 5.74) is 4.09. The fourth-order valence-corrected chi connectivity index (χ4v) is 3.58. The Kier molecular flexibility index (Phi) is 6.03. The van der Waals surface area contributed by atoms with Crippen LogP contribution in [0, 0.1) is 0 Å². The van der Waals surface area contributed by atoms with Gasteiger partial charge in [-0.05, 0) is 11.1 Å². The lowest BCUT2D eigenvalue weighted by Gasteiger charge is -2.21. The van der Waals surface area contributed by atoms with Crippen molar-refractivity contribution in [1.82, 2.24) is 4.98 Å². The number of hydrogen-bond donors (Lipinski definition) is 2. The first-order chi connectivity index (χ1) is 15.2. The number of hydrogen-bond acceptors (Lipinski definition) is 4. The lowest BCUT2D eigenvalue weighted by Crippen LogP contribution is -2.21. The van der Waals surface area contributed by atoms with Crippen LogP contribution < -0.4 is 14.8 Å². The highest BCUT2D eigenvalue weighted by molar-refractivity contribution is 6.07. The summed E-state index contributed by atoms with van der Waals surface area (Å²) in [5, 5.41) is 3.39. The van der Waals surface area contributed by atoms with Gasteiger partial charge in [-0.3, -0.25) is 4.79 Å². The summed E-state index contributed by atoms with van der Waals surface area (Å²) >= 11 is 0. The van der Waals surface area contributed by atoms with E-state index in [-0.39, 0.29) is 5.78 Å². The molecule has 1 aromatic heterocycles. The molecule has 4 aromatic rings. The first kappa shape index (κ1) is 20.3. The second-order valence-electron chi connectivity index (χ2n) is 7.10. The van der Waals surface area contributed by atoms with E-state index in [2.05, 4.69) is 10.3 Å².